The quantitative estimate of drug-likeness (QED) is 0.487. The summed E-state index contributed by atoms with van der Waals surface area (Å²) in [6.45, 7) is 2.18. The predicted octanol–water partition coefficient (Wildman–Crippen LogP) is 2.58. The van der Waals surface area contributed by atoms with Crippen LogP contribution in [0.15, 0.2) is 22.7 Å². The van der Waals surface area contributed by atoms with Gasteiger partial charge in [0.25, 0.3) is 0 Å². The molecule has 0 fully saturated rings. The van der Waals surface area contributed by atoms with Crippen molar-refractivity contribution in [3.8, 4) is 0 Å². The van der Waals surface area contributed by atoms with Gasteiger partial charge in [0.15, 0.2) is 0 Å². The van der Waals surface area contributed by atoms with Crippen molar-refractivity contribution < 1.29 is 9.34 Å². The molecule has 0 saturated carbocycles. The molecule has 0 spiro atoms. The average molecular weight is 283 g/mol. The number of rotatable bonds is 4. The molecule has 7 nitrogen and oxygen atoms in total. The number of nitro groups is 1. The summed E-state index contributed by atoms with van der Waals surface area (Å²) in [7, 11) is 1.67. The molecule has 100 valence electrons. The van der Waals surface area contributed by atoms with Crippen LogP contribution in [-0.4, -0.2) is 21.9 Å². The first kappa shape index (κ1) is 13.3. The second kappa shape index (κ2) is 5.23. The van der Waals surface area contributed by atoms with Crippen molar-refractivity contribution in [1.82, 2.24) is 9.97 Å². The number of nitrogens with zero attached hydrogens (tertiary/aromatic N) is 4. The van der Waals surface area contributed by atoms with Crippen molar-refractivity contribution in [1.29, 1.82) is 0 Å². The van der Waals surface area contributed by atoms with Gasteiger partial charge in [-0.1, -0.05) is 0 Å². The van der Waals surface area contributed by atoms with Gasteiger partial charge in [0.2, 0.25) is 11.1 Å². The van der Waals surface area contributed by atoms with Gasteiger partial charge in [-0.25, -0.2) is 4.98 Å². The summed E-state index contributed by atoms with van der Waals surface area (Å²) in [6.07, 6.45) is 1.09. The second-order valence-corrected chi connectivity index (χ2v) is 4.31. The minimum atomic E-state index is -0.546. The van der Waals surface area contributed by atoms with E-state index in [9.17, 15) is 10.1 Å². The molecular formula is C11H11ClN4O3. The Bertz CT molecular complexity index is 614. The van der Waals surface area contributed by atoms with Gasteiger partial charge >= 0.3 is 5.69 Å². The smallest absolute Gasteiger partial charge is 0.329 e. The first-order valence-corrected chi connectivity index (χ1v) is 5.78. The second-order valence-electron chi connectivity index (χ2n) is 3.97. The Morgan fingerprint density at radius 2 is 2.26 bits per heavy atom. The maximum absolute atomic E-state index is 10.9. The van der Waals surface area contributed by atoms with Crippen LogP contribution in [0.5, 0.6) is 0 Å². The molecular weight excluding hydrogens is 272 g/mol. The summed E-state index contributed by atoms with van der Waals surface area (Å²) in [6, 6.07) is 3.63. The van der Waals surface area contributed by atoms with Crippen LogP contribution in [0.25, 0.3) is 0 Å². The maximum Gasteiger partial charge on any atom is 0.329 e. The van der Waals surface area contributed by atoms with E-state index in [-0.39, 0.29) is 16.8 Å². The lowest BCUT2D eigenvalue weighted by Gasteiger charge is -2.16. The Labute approximate surface area is 114 Å². The molecule has 0 atom stereocenters. The monoisotopic (exact) mass is 282 g/mol. The lowest BCUT2D eigenvalue weighted by molar-refractivity contribution is -0.384. The normalized spacial score (nSPS) is 10.5. The summed E-state index contributed by atoms with van der Waals surface area (Å²) < 4.78 is 5.42. The third-order valence-corrected chi connectivity index (χ3v) is 2.65. The van der Waals surface area contributed by atoms with E-state index in [2.05, 4.69) is 9.97 Å². The van der Waals surface area contributed by atoms with Gasteiger partial charge in [-0.3, -0.25) is 10.1 Å². The van der Waals surface area contributed by atoms with Gasteiger partial charge in [-0.05, 0) is 30.7 Å². The van der Waals surface area contributed by atoms with Crippen LogP contribution in [0, 0.1) is 17.0 Å². The Morgan fingerprint density at radius 1 is 1.53 bits per heavy atom. The molecule has 2 aromatic heterocycles. The fraction of sp³-hybridized carbons (Fsp3) is 0.273. The van der Waals surface area contributed by atoms with E-state index < -0.39 is 4.92 Å². The fourth-order valence-electron chi connectivity index (χ4n) is 1.63. The molecule has 8 heteroatoms. The van der Waals surface area contributed by atoms with E-state index in [1.807, 2.05) is 13.0 Å². The molecule has 0 aliphatic rings. The van der Waals surface area contributed by atoms with Gasteiger partial charge in [0.1, 0.15) is 17.7 Å². The van der Waals surface area contributed by atoms with Crippen molar-refractivity contribution in [2.24, 2.45) is 0 Å². The molecule has 0 saturated heterocycles. The standard InChI is InChI=1S/C11H11ClN4O3/c1-7-3-4-8(19-7)6-15(2)10-9(16(17)18)5-13-11(12)14-10/h3-5H,6H2,1-2H3. The van der Waals surface area contributed by atoms with Crippen molar-refractivity contribution in [3.05, 3.63) is 45.2 Å². The Morgan fingerprint density at radius 3 is 2.84 bits per heavy atom. The van der Waals surface area contributed by atoms with Gasteiger partial charge in [0, 0.05) is 7.05 Å². The van der Waals surface area contributed by atoms with Crippen LogP contribution in [0.1, 0.15) is 11.5 Å². The Balaban J connectivity index is 2.29. The molecule has 0 bridgehead atoms. The summed E-state index contributed by atoms with van der Waals surface area (Å²) >= 11 is 5.68. The summed E-state index contributed by atoms with van der Waals surface area (Å²) in [5, 5.41) is 10.9. The van der Waals surface area contributed by atoms with E-state index >= 15 is 0 Å². The number of halogens is 1. The number of hydrogen-bond acceptors (Lipinski definition) is 6. The van der Waals surface area contributed by atoms with E-state index in [0.29, 0.717) is 12.3 Å². The van der Waals surface area contributed by atoms with Gasteiger partial charge in [-0.2, -0.15) is 4.98 Å². The lowest BCUT2D eigenvalue weighted by Crippen LogP contribution is -2.19. The van der Waals surface area contributed by atoms with Gasteiger partial charge in [0.05, 0.1) is 11.5 Å². The number of aryl methyl sites for hydroxylation is 1. The van der Waals surface area contributed by atoms with Crippen LogP contribution in [-0.2, 0) is 6.54 Å². The Hall–Kier alpha value is -2.15. The SMILES string of the molecule is Cc1ccc(CN(C)c2nc(Cl)ncc2[N+](=O)[O-])o1. The summed E-state index contributed by atoms with van der Waals surface area (Å²) in [5.41, 5.74) is -0.199. The zero-order valence-corrected chi connectivity index (χ0v) is 11.1. The summed E-state index contributed by atoms with van der Waals surface area (Å²) in [4.78, 5) is 19.5. The van der Waals surface area contributed by atoms with E-state index in [4.69, 9.17) is 16.0 Å². The molecule has 2 aromatic rings. The van der Waals surface area contributed by atoms with Crippen LogP contribution in [0.3, 0.4) is 0 Å². The Kier molecular flexibility index (Phi) is 3.66. The van der Waals surface area contributed by atoms with Crippen LogP contribution in [0.4, 0.5) is 11.5 Å². The molecule has 0 amide bonds. The highest BCUT2D eigenvalue weighted by molar-refractivity contribution is 6.28. The van der Waals surface area contributed by atoms with E-state index in [1.165, 1.54) is 0 Å². The molecule has 0 unspecified atom stereocenters. The zero-order valence-electron chi connectivity index (χ0n) is 10.3. The highest BCUT2D eigenvalue weighted by Gasteiger charge is 2.21. The molecule has 0 radical (unpaired) electrons. The first-order valence-electron chi connectivity index (χ1n) is 5.40. The molecule has 0 aromatic carbocycles. The minimum Gasteiger partial charge on any atom is -0.464 e. The van der Waals surface area contributed by atoms with Crippen molar-refractivity contribution >= 4 is 23.1 Å². The van der Waals surface area contributed by atoms with Crippen LogP contribution in [0.2, 0.25) is 5.28 Å². The molecule has 2 rings (SSSR count). The topological polar surface area (TPSA) is 85.3 Å². The third-order valence-electron chi connectivity index (χ3n) is 2.47. The molecule has 2 heterocycles. The van der Waals surface area contributed by atoms with Crippen molar-refractivity contribution in [2.75, 3.05) is 11.9 Å². The van der Waals surface area contributed by atoms with Crippen molar-refractivity contribution in [3.63, 3.8) is 0 Å². The molecule has 19 heavy (non-hydrogen) atoms. The molecule has 0 aliphatic carbocycles. The maximum atomic E-state index is 10.9. The largest absolute Gasteiger partial charge is 0.464 e. The first-order chi connectivity index (χ1) is 8.97. The highest BCUT2D eigenvalue weighted by Crippen LogP contribution is 2.26. The highest BCUT2D eigenvalue weighted by atomic mass is 35.5. The number of aromatic nitrogens is 2. The van der Waals surface area contributed by atoms with E-state index in [1.54, 1.807) is 18.0 Å². The predicted molar refractivity (Wildman–Crippen MR) is 69.2 cm³/mol. The molecule has 0 aliphatic heterocycles. The third kappa shape index (κ3) is 3.00. The fourth-order valence-corrected chi connectivity index (χ4v) is 1.76. The number of furan rings is 1. The number of anilines is 1. The summed E-state index contributed by atoms with van der Waals surface area (Å²) in [5.74, 6) is 1.61. The minimum absolute atomic E-state index is 0.0388. The zero-order chi connectivity index (χ0) is 14.0. The van der Waals surface area contributed by atoms with E-state index in [0.717, 1.165) is 12.0 Å². The van der Waals surface area contributed by atoms with Crippen LogP contribution >= 0.6 is 11.6 Å². The van der Waals surface area contributed by atoms with Gasteiger partial charge in [-0.15, -0.1) is 0 Å². The van der Waals surface area contributed by atoms with Crippen LogP contribution < -0.4 is 4.90 Å². The van der Waals surface area contributed by atoms with Gasteiger partial charge < -0.3 is 9.32 Å². The average Bonchev–Trinajstić information content (AvgIpc) is 2.74. The van der Waals surface area contributed by atoms with Crippen molar-refractivity contribution in [2.45, 2.75) is 13.5 Å². The molecule has 0 N–H and O–H groups in total. The lowest BCUT2D eigenvalue weighted by atomic mass is 10.4. The number of hydrogen-bond donors (Lipinski definition) is 0.